The van der Waals surface area contributed by atoms with Gasteiger partial charge < -0.3 is 9.84 Å². The molecule has 0 radical (unpaired) electrons. The maximum atomic E-state index is 10.8. The summed E-state index contributed by atoms with van der Waals surface area (Å²) in [6.45, 7) is 1.44. The van der Waals surface area contributed by atoms with Gasteiger partial charge in [-0.2, -0.15) is 0 Å². The number of hydrogen-bond acceptors (Lipinski definition) is 4. The highest BCUT2D eigenvalue weighted by molar-refractivity contribution is 5.85. The van der Waals surface area contributed by atoms with Crippen molar-refractivity contribution in [3.8, 4) is 5.75 Å². The summed E-state index contributed by atoms with van der Waals surface area (Å²) in [5, 5.41) is 19.5. The molecule has 0 heterocycles. The molecule has 0 spiro atoms. The summed E-state index contributed by atoms with van der Waals surface area (Å²) < 4.78 is 4.98. The smallest absolute Gasteiger partial charge is 0.330 e. The number of nitro benzene ring substituents is 1. The van der Waals surface area contributed by atoms with E-state index in [4.69, 9.17) is 9.84 Å². The summed E-state index contributed by atoms with van der Waals surface area (Å²) in [6.07, 6.45) is 1.61. The zero-order chi connectivity index (χ0) is 13.7. The van der Waals surface area contributed by atoms with Crippen molar-refractivity contribution >= 4 is 11.7 Å². The van der Waals surface area contributed by atoms with Crippen LogP contribution in [0.4, 0.5) is 5.69 Å². The van der Waals surface area contributed by atoms with Gasteiger partial charge >= 0.3 is 5.97 Å². The predicted molar refractivity (Wildman–Crippen MR) is 64.7 cm³/mol. The van der Waals surface area contributed by atoms with Crippen molar-refractivity contribution in [3.63, 3.8) is 0 Å². The predicted octanol–water partition coefficient (Wildman–Crippen LogP) is 2.18. The summed E-state index contributed by atoms with van der Waals surface area (Å²) in [5.41, 5.74) is 0.511. The number of nitro groups is 1. The third-order valence-electron chi connectivity index (χ3n) is 2.45. The van der Waals surface area contributed by atoms with Gasteiger partial charge in [-0.3, -0.25) is 10.1 Å². The highest BCUT2D eigenvalue weighted by Gasteiger charge is 2.14. The van der Waals surface area contributed by atoms with E-state index in [1.165, 1.54) is 38.3 Å². The highest BCUT2D eigenvalue weighted by atomic mass is 16.6. The molecule has 0 atom stereocenters. The Morgan fingerprint density at radius 2 is 2.22 bits per heavy atom. The molecule has 0 amide bonds. The van der Waals surface area contributed by atoms with Crippen LogP contribution < -0.4 is 4.74 Å². The Morgan fingerprint density at radius 1 is 1.56 bits per heavy atom. The number of aliphatic carboxylic acids is 1. The maximum Gasteiger partial charge on any atom is 0.330 e. The molecular formula is C12H13NO5. The van der Waals surface area contributed by atoms with Crippen LogP contribution in [0.5, 0.6) is 5.75 Å². The molecule has 96 valence electrons. The second kappa shape index (κ2) is 5.81. The van der Waals surface area contributed by atoms with E-state index in [9.17, 15) is 14.9 Å². The number of carboxylic acids is 1. The lowest BCUT2D eigenvalue weighted by atomic mass is 10.1. The van der Waals surface area contributed by atoms with Crippen LogP contribution in [0.25, 0.3) is 0 Å². The fourth-order valence-corrected chi connectivity index (χ4v) is 1.38. The van der Waals surface area contributed by atoms with E-state index in [0.29, 0.717) is 11.3 Å². The lowest BCUT2D eigenvalue weighted by Crippen LogP contribution is -1.99. The number of allylic oxidation sites excluding steroid dienone is 1. The minimum absolute atomic E-state index is 0.0507. The second-order valence-electron chi connectivity index (χ2n) is 3.65. The van der Waals surface area contributed by atoms with Gasteiger partial charge in [-0.25, -0.2) is 4.79 Å². The third-order valence-corrected chi connectivity index (χ3v) is 2.45. The van der Waals surface area contributed by atoms with Crippen molar-refractivity contribution in [1.82, 2.24) is 0 Å². The first-order valence-electron chi connectivity index (χ1n) is 5.17. The summed E-state index contributed by atoms with van der Waals surface area (Å²) >= 11 is 0. The molecular weight excluding hydrogens is 238 g/mol. The quantitative estimate of drug-likeness (QED) is 0.492. The number of carboxylic acid groups (broad SMARTS) is 1. The fourth-order valence-electron chi connectivity index (χ4n) is 1.38. The minimum atomic E-state index is -1.04. The number of nitrogens with zero attached hydrogens (tertiary/aromatic N) is 1. The zero-order valence-electron chi connectivity index (χ0n) is 10.0. The fraction of sp³-hybridized carbons (Fsp3) is 0.250. The summed E-state index contributed by atoms with van der Waals surface area (Å²) in [5.74, 6) is -0.544. The Kier molecular flexibility index (Phi) is 4.42. The van der Waals surface area contributed by atoms with Gasteiger partial charge in [0.2, 0.25) is 0 Å². The lowest BCUT2D eigenvalue weighted by Gasteiger charge is -2.04. The first-order chi connectivity index (χ1) is 8.45. The molecule has 0 saturated carbocycles. The van der Waals surface area contributed by atoms with Gasteiger partial charge in [-0.15, -0.1) is 0 Å². The van der Waals surface area contributed by atoms with Crippen LogP contribution in [-0.4, -0.2) is 23.1 Å². The van der Waals surface area contributed by atoms with Crippen LogP contribution in [-0.2, 0) is 11.2 Å². The maximum absolute atomic E-state index is 10.8. The van der Waals surface area contributed by atoms with Gasteiger partial charge in [0, 0.05) is 17.2 Å². The molecule has 0 unspecified atom stereocenters. The average molecular weight is 251 g/mol. The van der Waals surface area contributed by atoms with E-state index < -0.39 is 10.9 Å². The first-order valence-corrected chi connectivity index (χ1v) is 5.17. The number of ether oxygens (including phenoxy) is 1. The molecule has 0 fully saturated rings. The van der Waals surface area contributed by atoms with Crippen LogP contribution in [0, 0.1) is 10.1 Å². The minimum Gasteiger partial charge on any atom is -0.497 e. The molecule has 1 aromatic carbocycles. The molecule has 1 aromatic rings. The van der Waals surface area contributed by atoms with Crippen LogP contribution in [0.3, 0.4) is 0 Å². The Labute approximate surface area is 104 Å². The van der Waals surface area contributed by atoms with E-state index in [-0.39, 0.29) is 17.7 Å². The Balaban J connectivity index is 3.08. The molecule has 6 heteroatoms. The highest BCUT2D eigenvalue weighted by Crippen LogP contribution is 2.24. The molecule has 6 nitrogen and oxygen atoms in total. The number of rotatable bonds is 5. The topological polar surface area (TPSA) is 89.7 Å². The van der Waals surface area contributed by atoms with Gasteiger partial charge in [0.25, 0.3) is 5.69 Å². The standard InChI is InChI=1S/C12H13NO5/c1-8(12(14)15)3-4-9-7-10(18-2)5-6-11(9)13(16)17/h3,5-7H,4H2,1-2H3,(H,14,15). The average Bonchev–Trinajstić information content (AvgIpc) is 2.34. The number of carbonyl (C=O) groups is 1. The van der Waals surface area contributed by atoms with E-state index in [1.54, 1.807) is 0 Å². The van der Waals surface area contributed by atoms with Crippen LogP contribution in [0.15, 0.2) is 29.8 Å². The van der Waals surface area contributed by atoms with Gasteiger partial charge in [0.15, 0.2) is 0 Å². The molecule has 18 heavy (non-hydrogen) atoms. The van der Waals surface area contributed by atoms with Crippen molar-refractivity contribution in [2.75, 3.05) is 7.11 Å². The van der Waals surface area contributed by atoms with Crippen LogP contribution in [0.2, 0.25) is 0 Å². The van der Waals surface area contributed by atoms with Crippen molar-refractivity contribution in [3.05, 3.63) is 45.5 Å². The van der Waals surface area contributed by atoms with E-state index in [1.807, 2.05) is 0 Å². The van der Waals surface area contributed by atoms with Crippen molar-refractivity contribution in [1.29, 1.82) is 0 Å². The molecule has 1 N–H and O–H groups in total. The van der Waals surface area contributed by atoms with Crippen molar-refractivity contribution in [2.45, 2.75) is 13.3 Å². The summed E-state index contributed by atoms with van der Waals surface area (Å²) in [4.78, 5) is 21.0. The lowest BCUT2D eigenvalue weighted by molar-refractivity contribution is -0.385. The third kappa shape index (κ3) is 3.31. The van der Waals surface area contributed by atoms with E-state index >= 15 is 0 Å². The van der Waals surface area contributed by atoms with Gasteiger partial charge in [-0.1, -0.05) is 6.08 Å². The van der Waals surface area contributed by atoms with Crippen molar-refractivity contribution in [2.24, 2.45) is 0 Å². The van der Waals surface area contributed by atoms with Crippen LogP contribution in [0.1, 0.15) is 12.5 Å². The molecule has 0 saturated heterocycles. The number of hydrogen-bond donors (Lipinski definition) is 1. The SMILES string of the molecule is COc1ccc([N+](=O)[O-])c(CC=C(C)C(=O)O)c1. The largest absolute Gasteiger partial charge is 0.497 e. The molecule has 0 bridgehead atoms. The van der Waals surface area contributed by atoms with Gasteiger partial charge in [-0.05, 0) is 25.5 Å². The van der Waals surface area contributed by atoms with Gasteiger partial charge in [0.05, 0.1) is 12.0 Å². The summed E-state index contributed by atoms with van der Waals surface area (Å²) in [6, 6.07) is 4.37. The normalized spacial score (nSPS) is 11.1. The van der Waals surface area contributed by atoms with Crippen LogP contribution >= 0.6 is 0 Å². The number of methoxy groups -OCH3 is 1. The second-order valence-corrected chi connectivity index (χ2v) is 3.65. The molecule has 0 aliphatic carbocycles. The van der Waals surface area contributed by atoms with E-state index in [0.717, 1.165) is 0 Å². The number of benzene rings is 1. The Morgan fingerprint density at radius 3 is 2.72 bits per heavy atom. The first kappa shape index (κ1) is 13.7. The molecule has 0 aliphatic rings. The molecule has 0 aromatic heterocycles. The van der Waals surface area contributed by atoms with E-state index in [2.05, 4.69) is 0 Å². The van der Waals surface area contributed by atoms with Gasteiger partial charge in [0.1, 0.15) is 5.75 Å². The monoisotopic (exact) mass is 251 g/mol. The zero-order valence-corrected chi connectivity index (χ0v) is 10.0. The van der Waals surface area contributed by atoms with Crippen molar-refractivity contribution < 1.29 is 19.6 Å². The Bertz CT molecular complexity index is 507. The molecule has 1 rings (SSSR count). The summed E-state index contributed by atoms with van der Waals surface area (Å²) in [7, 11) is 1.46. The Hall–Kier alpha value is -2.37. The molecule has 0 aliphatic heterocycles.